The molecule has 1 fully saturated rings. The van der Waals surface area contributed by atoms with Gasteiger partial charge in [0.2, 0.25) is 5.91 Å². The summed E-state index contributed by atoms with van der Waals surface area (Å²) < 4.78 is 0. The molecule has 0 aliphatic carbocycles. The number of nitrogens with zero attached hydrogens (tertiary/aromatic N) is 1. The van der Waals surface area contributed by atoms with E-state index in [0.29, 0.717) is 5.75 Å². The fourth-order valence-corrected chi connectivity index (χ4v) is 3.88. The van der Waals surface area contributed by atoms with Crippen LogP contribution in [0.2, 0.25) is 5.02 Å². The van der Waals surface area contributed by atoms with Crippen LogP contribution in [0.5, 0.6) is 0 Å². The van der Waals surface area contributed by atoms with Crippen LogP contribution in [0.1, 0.15) is 31.7 Å². The van der Waals surface area contributed by atoms with Crippen molar-refractivity contribution in [3.63, 3.8) is 0 Å². The molecule has 23 heavy (non-hydrogen) atoms. The first-order chi connectivity index (χ1) is 11.1. The molecule has 1 N–H and O–H groups in total. The number of nitrogens with one attached hydrogen (secondary N) is 1. The molecular weight excluding hydrogens is 328 g/mol. The monoisotopic (exact) mass is 354 g/mol. The van der Waals surface area contributed by atoms with E-state index in [1.54, 1.807) is 11.8 Å². The summed E-state index contributed by atoms with van der Waals surface area (Å²) in [6.07, 6.45) is 3.66. The van der Waals surface area contributed by atoms with Crippen LogP contribution in [0.15, 0.2) is 24.3 Å². The molecule has 0 radical (unpaired) electrons. The Bertz CT molecular complexity index is 490. The van der Waals surface area contributed by atoms with E-state index < -0.39 is 0 Å². The highest BCUT2D eigenvalue weighted by Crippen LogP contribution is 2.20. The number of carbonyl (C=O) groups excluding carboxylic acids is 1. The van der Waals surface area contributed by atoms with E-state index in [1.165, 1.54) is 25.9 Å². The second kappa shape index (κ2) is 10.2. The van der Waals surface area contributed by atoms with Crippen LogP contribution < -0.4 is 5.32 Å². The molecule has 0 saturated carbocycles. The number of rotatable bonds is 8. The molecule has 0 bridgehead atoms. The van der Waals surface area contributed by atoms with Crippen LogP contribution in [-0.4, -0.2) is 42.7 Å². The maximum atomic E-state index is 11.8. The molecule has 0 atom stereocenters. The highest BCUT2D eigenvalue weighted by molar-refractivity contribution is 7.99. The molecule has 3 nitrogen and oxygen atoms in total. The third-order valence-electron chi connectivity index (χ3n) is 4.30. The Hall–Kier alpha value is -0.710. The Morgan fingerprint density at radius 3 is 2.83 bits per heavy atom. The van der Waals surface area contributed by atoms with Crippen molar-refractivity contribution in [2.45, 2.75) is 31.9 Å². The van der Waals surface area contributed by atoms with Crippen LogP contribution >= 0.6 is 23.4 Å². The van der Waals surface area contributed by atoms with E-state index in [0.717, 1.165) is 41.8 Å². The Kier molecular flexibility index (Phi) is 8.27. The molecular formula is C18H27ClN2OS. The number of hydrogen-bond acceptors (Lipinski definition) is 3. The van der Waals surface area contributed by atoms with Crippen molar-refractivity contribution in [3.8, 4) is 0 Å². The maximum absolute atomic E-state index is 11.8. The van der Waals surface area contributed by atoms with E-state index in [-0.39, 0.29) is 5.91 Å². The summed E-state index contributed by atoms with van der Waals surface area (Å²) >= 11 is 7.71. The van der Waals surface area contributed by atoms with Crippen molar-refractivity contribution in [3.05, 3.63) is 34.9 Å². The highest BCUT2D eigenvalue weighted by Gasteiger charge is 2.14. The Labute approximate surface area is 149 Å². The number of amides is 1. The van der Waals surface area contributed by atoms with Crippen LogP contribution in [-0.2, 0) is 10.5 Å². The lowest BCUT2D eigenvalue weighted by atomic mass is 9.99. The first kappa shape index (κ1) is 18.6. The first-order valence-corrected chi connectivity index (χ1v) is 9.98. The summed E-state index contributed by atoms with van der Waals surface area (Å²) in [5, 5.41) is 3.79. The Balaban J connectivity index is 1.51. The molecule has 5 heteroatoms. The third kappa shape index (κ3) is 7.15. The highest BCUT2D eigenvalue weighted by atomic mass is 35.5. The fourth-order valence-electron chi connectivity index (χ4n) is 2.74. The van der Waals surface area contributed by atoms with Gasteiger partial charge in [-0.05, 0) is 56.4 Å². The van der Waals surface area contributed by atoms with Crippen LogP contribution in [0, 0.1) is 5.92 Å². The smallest absolute Gasteiger partial charge is 0.230 e. The second-order valence-corrected chi connectivity index (χ2v) is 7.70. The number of halogens is 1. The molecule has 1 aliphatic heterocycles. The molecule has 1 aromatic carbocycles. The van der Waals surface area contributed by atoms with Gasteiger partial charge in [-0.25, -0.2) is 0 Å². The van der Waals surface area contributed by atoms with E-state index in [4.69, 9.17) is 11.6 Å². The number of piperidine rings is 1. The lowest BCUT2D eigenvalue weighted by Gasteiger charge is -2.30. The molecule has 0 spiro atoms. The van der Waals surface area contributed by atoms with Crippen molar-refractivity contribution in [1.82, 2.24) is 10.2 Å². The first-order valence-electron chi connectivity index (χ1n) is 8.45. The Morgan fingerprint density at radius 2 is 2.09 bits per heavy atom. The van der Waals surface area contributed by atoms with Crippen LogP contribution in [0.4, 0.5) is 0 Å². The molecule has 1 amide bonds. The van der Waals surface area contributed by atoms with Gasteiger partial charge in [0.1, 0.15) is 0 Å². The molecule has 1 heterocycles. The van der Waals surface area contributed by atoms with Crippen LogP contribution in [0.25, 0.3) is 0 Å². The van der Waals surface area contributed by atoms with Crippen molar-refractivity contribution < 1.29 is 4.79 Å². The molecule has 1 aliphatic rings. The quantitative estimate of drug-likeness (QED) is 0.720. The van der Waals surface area contributed by atoms with E-state index >= 15 is 0 Å². The minimum Gasteiger partial charge on any atom is -0.355 e. The molecule has 128 valence electrons. The zero-order valence-electron chi connectivity index (χ0n) is 13.9. The van der Waals surface area contributed by atoms with Crippen LogP contribution in [0.3, 0.4) is 0 Å². The average molecular weight is 355 g/mol. The number of likely N-dealkylation sites (tertiary alicyclic amines) is 1. The van der Waals surface area contributed by atoms with Crippen molar-refractivity contribution in [2.75, 3.05) is 31.9 Å². The van der Waals surface area contributed by atoms with Gasteiger partial charge in [-0.3, -0.25) is 4.79 Å². The summed E-state index contributed by atoms with van der Waals surface area (Å²) in [7, 11) is 0. The summed E-state index contributed by atoms with van der Waals surface area (Å²) in [6, 6.07) is 7.79. The number of thioether (sulfide) groups is 1. The van der Waals surface area contributed by atoms with Gasteiger partial charge >= 0.3 is 0 Å². The van der Waals surface area contributed by atoms with Gasteiger partial charge in [0.25, 0.3) is 0 Å². The summed E-state index contributed by atoms with van der Waals surface area (Å²) in [5.74, 6) is 2.27. The molecule has 0 unspecified atom stereocenters. The predicted molar refractivity (Wildman–Crippen MR) is 100 cm³/mol. The number of hydrogen-bond donors (Lipinski definition) is 1. The van der Waals surface area contributed by atoms with Gasteiger partial charge in [-0.2, -0.15) is 0 Å². The molecule has 2 rings (SSSR count). The minimum absolute atomic E-state index is 0.120. The van der Waals surface area contributed by atoms with Gasteiger partial charge < -0.3 is 10.2 Å². The largest absolute Gasteiger partial charge is 0.355 e. The zero-order chi connectivity index (χ0) is 16.5. The molecule has 0 aromatic heterocycles. The van der Waals surface area contributed by atoms with Gasteiger partial charge in [-0.1, -0.05) is 36.7 Å². The van der Waals surface area contributed by atoms with E-state index in [1.807, 2.05) is 24.3 Å². The lowest BCUT2D eigenvalue weighted by Crippen LogP contribution is -2.35. The Morgan fingerprint density at radius 1 is 1.35 bits per heavy atom. The topological polar surface area (TPSA) is 32.3 Å². The standard InChI is InChI=1S/C18H27ClN2OS/c1-15-7-11-21(12-8-15)10-4-9-20-18(22)14-23-13-16-5-2-3-6-17(16)19/h2-3,5-6,15H,4,7-14H2,1H3,(H,20,22). The minimum atomic E-state index is 0.120. The third-order valence-corrected chi connectivity index (χ3v) is 5.65. The fraction of sp³-hybridized carbons (Fsp3) is 0.611. The van der Waals surface area contributed by atoms with Gasteiger partial charge in [0, 0.05) is 17.3 Å². The summed E-state index contributed by atoms with van der Waals surface area (Å²) in [4.78, 5) is 14.3. The van der Waals surface area contributed by atoms with Gasteiger partial charge in [0.05, 0.1) is 5.75 Å². The zero-order valence-corrected chi connectivity index (χ0v) is 15.5. The summed E-state index contributed by atoms with van der Waals surface area (Å²) in [5.41, 5.74) is 1.09. The summed E-state index contributed by atoms with van der Waals surface area (Å²) in [6.45, 7) is 6.63. The van der Waals surface area contributed by atoms with E-state index in [2.05, 4.69) is 17.1 Å². The number of carbonyl (C=O) groups is 1. The van der Waals surface area contributed by atoms with Crippen molar-refractivity contribution >= 4 is 29.3 Å². The maximum Gasteiger partial charge on any atom is 0.230 e. The second-order valence-electron chi connectivity index (χ2n) is 6.31. The molecule has 1 aromatic rings. The lowest BCUT2D eigenvalue weighted by molar-refractivity contribution is -0.118. The van der Waals surface area contributed by atoms with Crippen molar-refractivity contribution in [2.24, 2.45) is 5.92 Å². The van der Waals surface area contributed by atoms with Gasteiger partial charge in [0.15, 0.2) is 0 Å². The van der Waals surface area contributed by atoms with Crippen molar-refractivity contribution in [1.29, 1.82) is 0 Å². The average Bonchev–Trinajstić information content (AvgIpc) is 2.55. The van der Waals surface area contributed by atoms with E-state index in [9.17, 15) is 4.79 Å². The SMILES string of the molecule is CC1CCN(CCCNC(=O)CSCc2ccccc2Cl)CC1. The normalized spacial score (nSPS) is 16.4. The van der Waals surface area contributed by atoms with Gasteiger partial charge in [-0.15, -0.1) is 11.8 Å². The predicted octanol–water partition coefficient (Wildman–Crippen LogP) is 3.81. The number of benzene rings is 1. The molecule has 1 saturated heterocycles.